The quantitative estimate of drug-likeness (QED) is 0.186. The summed E-state index contributed by atoms with van der Waals surface area (Å²) in [5, 5.41) is 14.9. The lowest BCUT2D eigenvalue weighted by Gasteiger charge is -2.28. The number of aromatic amines is 1. The second-order valence-electron chi connectivity index (χ2n) is 9.23. The first-order chi connectivity index (χ1) is 18.2. The number of hydrogen-bond acceptors (Lipinski definition) is 7. The van der Waals surface area contributed by atoms with Crippen molar-refractivity contribution in [2.45, 2.75) is 62.7 Å². The second kappa shape index (κ2) is 13.3. The molecule has 0 spiro atoms. The Bertz CT molecular complexity index is 1120. The number of carboxylic acids is 1. The van der Waals surface area contributed by atoms with E-state index in [0.717, 1.165) is 5.56 Å². The molecule has 0 bridgehead atoms. The van der Waals surface area contributed by atoms with Crippen molar-refractivity contribution in [2.24, 2.45) is 11.5 Å². The summed E-state index contributed by atoms with van der Waals surface area (Å²) in [7, 11) is 0. The summed E-state index contributed by atoms with van der Waals surface area (Å²) >= 11 is 0. The van der Waals surface area contributed by atoms with Crippen molar-refractivity contribution in [3.8, 4) is 0 Å². The molecule has 3 rings (SSSR count). The second-order valence-corrected chi connectivity index (χ2v) is 9.23. The summed E-state index contributed by atoms with van der Waals surface area (Å²) in [6.07, 6.45) is 3.92. The highest BCUT2D eigenvalue weighted by molar-refractivity contribution is 5.94. The van der Waals surface area contributed by atoms with Crippen molar-refractivity contribution in [2.75, 3.05) is 6.54 Å². The molecular formula is C25H33N7O6. The fraction of sp³-hybridized carbons (Fsp3) is 0.440. The Morgan fingerprint density at radius 3 is 2.47 bits per heavy atom. The average molecular weight is 528 g/mol. The van der Waals surface area contributed by atoms with Gasteiger partial charge in [-0.15, -0.1) is 0 Å². The first-order valence-corrected chi connectivity index (χ1v) is 12.3. The zero-order valence-electron chi connectivity index (χ0n) is 20.8. The van der Waals surface area contributed by atoms with Crippen molar-refractivity contribution in [1.29, 1.82) is 0 Å². The lowest BCUT2D eigenvalue weighted by molar-refractivity contribution is -0.143. The highest BCUT2D eigenvalue weighted by atomic mass is 16.4. The Morgan fingerprint density at radius 1 is 1.11 bits per heavy atom. The third-order valence-corrected chi connectivity index (χ3v) is 6.37. The van der Waals surface area contributed by atoms with Crippen LogP contribution in [0.4, 0.5) is 0 Å². The number of hydrogen-bond donors (Lipinski definition) is 6. The number of amides is 4. The molecule has 1 aromatic carbocycles. The van der Waals surface area contributed by atoms with Gasteiger partial charge in [0.2, 0.25) is 23.6 Å². The summed E-state index contributed by atoms with van der Waals surface area (Å²) < 4.78 is 0. The lowest BCUT2D eigenvalue weighted by atomic mass is 10.0. The van der Waals surface area contributed by atoms with Crippen LogP contribution in [0.1, 0.15) is 36.9 Å². The molecule has 1 aliphatic heterocycles. The van der Waals surface area contributed by atoms with E-state index in [9.17, 15) is 29.1 Å². The fourth-order valence-electron chi connectivity index (χ4n) is 4.35. The summed E-state index contributed by atoms with van der Waals surface area (Å²) in [5.41, 5.74) is 12.3. The minimum Gasteiger partial charge on any atom is -0.480 e. The number of carboxylic acid groups (broad SMARTS) is 1. The Balaban J connectivity index is 1.71. The zero-order chi connectivity index (χ0) is 27.7. The van der Waals surface area contributed by atoms with Crippen molar-refractivity contribution in [3.63, 3.8) is 0 Å². The van der Waals surface area contributed by atoms with E-state index in [1.54, 1.807) is 30.3 Å². The number of nitrogens with one attached hydrogen (secondary N) is 3. The van der Waals surface area contributed by atoms with Crippen LogP contribution in [0, 0.1) is 0 Å². The van der Waals surface area contributed by atoms with E-state index in [2.05, 4.69) is 20.6 Å². The maximum atomic E-state index is 13.3. The molecule has 204 valence electrons. The maximum Gasteiger partial charge on any atom is 0.326 e. The number of primary amides is 1. The number of nitrogens with zero attached hydrogens (tertiary/aromatic N) is 2. The average Bonchev–Trinajstić information content (AvgIpc) is 3.59. The molecule has 4 atom stereocenters. The number of benzene rings is 1. The highest BCUT2D eigenvalue weighted by Gasteiger charge is 2.38. The van der Waals surface area contributed by atoms with Crippen LogP contribution in [0.5, 0.6) is 0 Å². The van der Waals surface area contributed by atoms with Crippen LogP contribution >= 0.6 is 0 Å². The lowest BCUT2D eigenvalue weighted by Crippen LogP contribution is -2.57. The minimum absolute atomic E-state index is 0.0219. The third kappa shape index (κ3) is 7.87. The van der Waals surface area contributed by atoms with E-state index >= 15 is 0 Å². The van der Waals surface area contributed by atoms with Crippen LogP contribution in [0.25, 0.3) is 0 Å². The topological polar surface area (TPSA) is 214 Å². The number of nitrogens with two attached hydrogens (primary N) is 2. The van der Waals surface area contributed by atoms with Crippen LogP contribution in [-0.4, -0.2) is 80.3 Å². The van der Waals surface area contributed by atoms with Gasteiger partial charge in [-0.2, -0.15) is 0 Å². The molecule has 13 heteroatoms. The van der Waals surface area contributed by atoms with Gasteiger partial charge in [0.25, 0.3) is 0 Å². The molecule has 8 N–H and O–H groups in total. The predicted octanol–water partition coefficient (Wildman–Crippen LogP) is -1.17. The molecule has 1 saturated heterocycles. The van der Waals surface area contributed by atoms with Crippen LogP contribution in [0.15, 0.2) is 42.9 Å². The first-order valence-electron chi connectivity index (χ1n) is 12.3. The molecule has 1 aromatic heterocycles. The number of aliphatic carboxylic acids is 1. The van der Waals surface area contributed by atoms with Gasteiger partial charge in [0.1, 0.15) is 18.1 Å². The number of carbonyl (C=O) groups excluding carboxylic acids is 4. The molecule has 2 heterocycles. The van der Waals surface area contributed by atoms with Gasteiger partial charge in [-0.3, -0.25) is 19.2 Å². The molecule has 0 aliphatic carbocycles. The van der Waals surface area contributed by atoms with Crippen molar-refractivity contribution in [3.05, 3.63) is 54.1 Å². The molecule has 1 fully saturated rings. The summed E-state index contributed by atoms with van der Waals surface area (Å²) in [5.74, 6) is -3.53. The smallest absolute Gasteiger partial charge is 0.326 e. The van der Waals surface area contributed by atoms with Crippen molar-refractivity contribution >= 4 is 29.6 Å². The van der Waals surface area contributed by atoms with E-state index in [4.69, 9.17) is 11.5 Å². The maximum absolute atomic E-state index is 13.3. The molecular weight excluding hydrogens is 494 g/mol. The standard InChI is InChI=1S/C25H33N7O6/c26-17(8-9-21(27)33)24(36)32-10-4-7-20(32)23(35)30-18(12-16-13-28-14-29-16)22(34)31-19(25(37)38)11-15-5-2-1-3-6-15/h1-3,5-6,13-14,17-20H,4,7-12,26H2,(H2,27,33)(H,28,29)(H,30,35)(H,31,34)(H,37,38). The number of H-pyrrole nitrogens is 1. The van der Waals surface area contributed by atoms with E-state index < -0.39 is 53.8 Å². The third-order valence-electron chi connectivity index (χ3n) is 6.37. The molecule has 4 amide bonds. The van der Waals surface area contributed by atoms with Crippen LogP contribution in [-0.2, 0) is 36.8 Å². The van der Waals surface area contributed by atoms with E-state index in [1.807, 2.05) is 0 Å². The number of aromatic nitrogens is 2. The van der Waals surface area contributed by atoms with Gasteiger partial charge in [0, 0.05) is 37.7 Å². The van der Waals surface area contributed by atoms with Crippen LogP contribution < -0.4 is 22.1 Å². The number of rotatable bonds is 13. The number of imidazole rings is 1. The van der Waals surface area contributed by atoms with E-state index in [-0.39, 0.29) is 25.7 Å². The summed E-state index contributed by atoms with van der Waals surface area (Å²) in [6.45, 7) is 0.302. The summed E-state index contributed by atoms with van der Waals surface area (Å²) in [4.78, 5) is 70.4. The first kappa shape index (κ1) is 28.3. The van der Waals surface area contributed by atoms with Crippen LogP contribution in [0.2, 0.25) is 0 Å². The molecule has 1 aliphatic rings. The number of likely N-dealkylation sites (tertiary alicyclic amines) is 1. The molecule has 0 saturated carbocycles. The Morgan fingerprint density at radius 2 is 1.84 bits per heavy atom. The highest BCUT2D eigenvalue weighted by Crippen LogP contribution is 2.19. The van der Waals surface area contributed by atoms with Gasteiger partial charge < -0.3 is 37.1 Å². The molecule has 0 radical (unpaired) electrons. The normalized spacial score (nSPS) is 17.3. The Hall–Kier alpha value is -4.26. The van der Waals surface area contributed by atoms with Crippen LogP contribution in [0.3, 0.4) is 0 Å². The number of carbonyl (C=O) groups is 5. The van der Waals surface area contributed by atoms with Gasteiger partial charge in [-0.25, -0.2) is 9.78 Å². The monoisotopic (exact) mass is 527 g/mol. The van der Waals surface area contributed by atoms with Gasteiger partial charge >= 0.3 is 5.97 Å². The van der Waals surface area contributed by atoms with Gasteiger partial charge in [-0.1, -0.05) is 30.3 Å². The Labute approximate surface area is 219 Å². The zero-order valence-corrected chi connectivity index (χ0v) is 20.8. The fourth-order valence-corrected chi connectivity index (χ4v) is 4.35. The predicted molar refractivity (Wildman–Crippen MR) is 135 cm³/mol. The molecule has 4 unspecified atom stereocenters. The van der Waals surface area contributed by atoms with Crippen molar-refractivity contribution < 1.29 is 29.1 Å². The largest absolute Gasteiger partial charge is 0.480 e. The van der Waals surface area contributed by atoms with E-state index in [1.165, 1.54) is 17.4 Å². The van der Waals surface area contributed by atoms with Gasteiger partial charge in [0.15, 0.2) is 0 Å². The van der Waals surface area contributed by atoms with Gasteiger partial charge in [-0.05, 0) is 24.8 Å². The SMILES string of the molecule is NC(=O)CCC(N)C(=O)N1CCCC1C(=O)NC(Cc1cnc[nH]1)C(=O)NC(Cc1ccccc1)C(=O)O. The molecule has 2 aromatic rings. The molecule has 38 heavy (non-hydrogen) atoms. The Kier molecular flexibility index (Phi) is 9.93. The van der Waals surface area contributed by atoms with Gasteiger partial charge in [0.05, 0.1) is 12.4 Å². The minimum atomic E-state index is -1.22. The molecule has 13 nitrogen and oxygen atoms in total. The van der Waals surface area contributed by atoms with E-state index in [0.29, 0.717) is 25.1 Å². The summed E-state index contributed by atoms with van der Waals surface area (Å²) in [6, 6.07) is 4.64. The van der Waals surface area contributed by atoms with Crippen molar-refractivity contribution in [1.82, 2.24) is 25.5 Å².